The lowest BCUT2D eigenvalue weighted by Gasteiger charge is -2.27. The maximum Gasteiger partial charge on any atom is 0.181 e. The lowest BCUT2D eigenvalue weighted by atomic mass is 10.1. The predicted molar refractivity (Wildman–Crippen MR) is 109 cm³/mol. The van der Waals surface area contributed by atoms with Crippen LogP contribution in [0.15, 0.2) is 84.3 Å². The summed E-state index contributed by atoms with van der Waals surface area (Å²) in [5, 5.41) is 2.17. The highest BCUT2D eigenvalue weighted by Gasteiger charge is 2.37. The normalized spacial score (nSPS) is 12.2. The maximum absolute atomic E-state index is 15.7. The Morgan fingerprint density at radius 1 is 0.800 bits per heavy atom. The molecule has 0 aliphatic rings. The number of halogens is 1. The van der Waals surface area contributed by atoms with Crippen molar-refractivity contribution in [3.8, 4) is 0 Å². The smallest absolute Gasteiger partial charge is 0.181 e. The second-order valence-electron chi connectivity index (χ2n) is 6.71. The summed E-state index contributed by atoms with van der Waals surface area (Å²) in [7, 11) is -2.63. The van der Waals surface area contributed by atoms with E-state index in [2.05, 4.69) is 43.8 Å². The average Bonchev–Trinajstić information content (AvgIpc) is 2.64. The van der Waals surface area contributed by atoms with Crippen molar-refractivity contribution in [2.75, 3.05) is 0 Å². The minimum absolute atomic E-state index is 0.0168. The molecule has 3 aromatic carbocycles. The Bertz CT molecular complexity index is 843. The Kier molecular flexibility index (Phi) is 5.00. The van der Waals surface area contributed by atoms with Gasteiger partial charge in [0.05, 0.1) is 5.45 Å². The van der Waals surface area contributed by atoms with Gasteiger partial charge in [0.25, 0.3) is 0 Å². The third kappa shape index (κ3) is 3.49. The summed E-state index contributed by atoms with van der Waals surface area (Å²) in [6.07, 6.45) is 1.74. The third-order valence-electron chi connectivity index (χ3n) is 4.89. The molecule has 0 atom stereocenters. The SMILES string of the molecule is Cc1ccc(/C=C(\F)[Si](C)(c2ccccc2)c2ccccc2)c(C)c1. The zero-order valence-electron chi connectivity index (χ0n) is 15.0. The van der Waals surface area contributed by atoms with Crippen LogP contribution in [0, 0.1) is 13.8 Å². The van der Waals surface area contributed by atoms with Gasteiger partial charge in [0, 0.05) is 0 Å². The molecule has 0 saturated carbocycles. The lowest BCUT2D eigenvalue weighted by molar-refractivity contribution is 0.692. The van der Waals surface area contributed by atoms with E-state index in [9.17, 15) is 0 Å². The quantitative estimate of drug-likeness (QED) is 0.580. The molecule has 0 aliphatic heterocycles. The van der Waals surface area contributed by atoms with E-state index < -0.39 is 8.07 Å². The molecule has 0 N–H and O–H groups in total. The van der Waals surface area contributed by atoms with Crippen molar-refractivity contribution in [1.82, 2.24) is 0 Å². The Labute approximate surface area is 150 Å². The van der Waals surface area contributed by atoms with E-state index >= 15 is 4.39 Å². The molecule has 126 valence electrons. The van der Waals surface area contributed by atoms with Gasteiger partial charge in [0.2, 0.25) is 0 Å². The van der Waals surface area contributed by atoms with Crippen LogP contribution in [0.2, 0.25) is 6.55 Å². The Balaban J connectivity index is 2.16. The number of rotatable bonds is 4. The number of benzene rings is 3. The summed E-state index contributed by atoms with van der Waals surface area (Å²) < 4.78 is 15.7. The van der Waals surface area contributed by atoms with E-state index in [0.29, 0.717) is 0 Å². The van der Waals surface area contributed by atoms with Gasteiger partial charge in [-0.25, -0.2) is 4.39 Å². The molecule has 3 aromatic rings. The first-order valence-electron chi connectivity index (χ1n) is 8.58. The highest BCUT2D eigenvalue weighted by Crippen LogP contribution is 2.22. The van der Waals surface area contributed by atoms with Crippen LogP contribution >= 0.6 is 0 Å². The van der Waals surface area contributed by atoms with E-state index in [1.807, 2.05) is 55.5 Å². The summed E-state index contributed by atoms with van der Waals surface area (Å²) in [5.74, 6) is 0. The molecular formula is C23H23FSi. The molecule has 3 rings (SSSR count). The second-order valence-corrected chi connectivity index (χ2v) is 10.6. The third-order valence-corrected chi connectivity index (χ3v) is 8.96. The van der Waals surface area contributed by atoms with Gasteiger partial charge in [-0.1, -0.05) is 91.0 Å². The lowest BCUT2D eigenvalue weighted by Crippen LogP contribution is -2.56. The molecule has 0 nitrogen and oxygen atoms in total. The van der Waals surface area contributed by atoms with E-state index in [4.69, 9.17) is 0 Å². The van der Waals surface area contributed by atoms with E-state index in [1.165, 1.54) is 5.56 Å². The minimum Gasteiger partial charge on any atom is -0.216 e. The molecule has 0 aromatic heterocycles. The van der Waals surface area contributed by atoms with Gasteiger partial charge in [0.15, 0.2) is 8.07 Å². The molecule has 0 bridgehead atoms. The first-order valence-corrected chi connectivity index (χ1v) is 11.1. The zero-order valence-corrected chi connectivity index (χ0v) is 16.0. The van der Waals surface area contributed by atoms with Gasteiger partial charge in [-0.2, -0.15) is 0 Å². The average molecular weight is 347 g/mol. The van der Waals surface area contributed by atoms with Crippen LogP contribution in [-0.4, -0.2) is 8.07 Å². The molecule has 0 spiro atoms. The Hall–Kier alpha value is -2.45. The highest BCUT2D eigenvalue weighted by atomic mass is 28.3. The molecule has 0 fully saturated rings. The van der Waals surface area contributed by atoms with Crippen LogP contribution in [-0.2, 0) is 0 Å². The summed E-state index contributed by atoms with van der Waals surface area (Å²) >= 11 is 0. The zero-order chi connectivity index (χ0) is 17.9. The van der Waals surface area contributed by atoms with Gasteiger partial charge < -0.3 is 0 Å². The maximum atomic E-state index is 15.7. The van der Waals surface area contributed by atoms with Crippen LogP contribution in [0.1, 0.15) is 16.7 Å². The molecule has 0 aliphatic carbocycles. The second kappa shape index (κ2) is 7.20. The van der Waals surface area contributed by atoms with Crippen molar-refractivity contribution in [3.63, 3.8) is 0 Å². The largest absolute Gasteiger partial charge is 0.216 e. The Morgan fingerprint density at radius 3 is 1.80 bits per heavy atom. The van der Waals surface area contributed by atoms with Gasteiger partial charge >= 0.3 is 0 Å². The van der Waals surface area contributed by atoms with E-state index in [0.717, 1.165) is 21.5 Å². The van der Waals surface area contributed by atoms with Gasteiger partial charge in [-0.3, -0.25) is 0 Å². The van der Waals surface area contributed by atoms with Gasteiger partial charge in [-0.15, -0.1) is 0 Å². The van der Waals surface area contributed by atoms with Crippen molar-refractivity contribution >= 4 is 24.5 Å². The fourth-order valence-electron chi connectivity index (χ4n) is 3.25. The topological polar surface area (TPSA) is 0 Å². The fraction of sp³-hybridized carbons (Fsp3) is 0.130. The van der Waals surface area contributed by atoms with E-state index in [-0.39, 0.29) is 5.45 Å². The van der Waals surface area contributed by atoms with Crippen molar-refractivity contribution in [2.24, 2.45) is 0 Å². The molecular weight excluding hydrogens is 323 g/mol. The van der Waals surface area contributed by atoms with Crippen LogP contribution in [0.3, 0.4) is 0 Å². The van der Waals surface area contributed by atoms with Crippen LogP contribution in [0.5, 0.6) is 0 Å². The number of hydrogen-bond donors (Lipinski definition) is 0. The molecule has 0 radical (unpaired) electrons. The summed E-state index contributed by atoms with van der Waals surface area (Å²) in [6.45, 7) is 6.19. The van der Waals surface area contributed by atoms with Crippen LogP contribution in [0.25, 0.3) is 6.08 Å². The minimum atomic E-state index is -2.63. The molecule has 25 heavy (non-hydrogen) atoms. The van der Waals surface area contributed by atoms with Crippen molar-refractivity contribution < 1.29 is 4.39 Å². The van der Waals surface area contributed by atoms with Crippen LogP contribution < -0.4 is 10.4 Å². The first kappa shape index (κ1) is 17.4. The van der Waals surface area contributed by atoms with Crippen LogP contribution in [0.4, 0.5) is 4.39 Å². The predicted octanol–water partition coefficient (Wildman–Crippen LogP) is 5.05. The molecule has 0 heterocycles. The van der Waals surface area contributed by atoms with Gasteiger partial charge in [0.1, 0.15) is 0 Å². The first-order chi connectivity index (χ1) is 12.0. The van der Waals surface area contributed by atoms with E-state index in [1.54, 1.807) is 6.08 Å². The number of hydrogen-bond acceptors (Lipinski definition) is 0. The van der Waals surface area contributed by atoms with Gasteiger partial charge in [-0.05, 0) is 41.4 Å². The molecule has 0 amide bonds. The highest BCUT2D eigenvalue weighted by molar-refractivity contribution is 7.06. The summed E-state index contributed by atoms with van der Waals surface area (Å²) in [5.41, 5.74) is 3.24. The van der Waals surface area contributed by atoms with Crippen molar-refractivity contribution in [3.05, 3.63) is 101 Å². The Morgan fingerprint density at radius 2 is 1.32 bits per heavy atom. The van der Waals surface area contributed by atoms with Crippen molar-refractivity contribution in [1.29, 1.82) is 0 Å². The van der Waals surface area contributed by atoms with Crippen molar-refractivity contribution in [2.45, 2.75) is 20.4 Å². The standard InChI is InChI=1S/C23H23FSi/c1-18-14-15-20(19(2)16-18)17-23(24)25(3,21-10-6-4-7-11-21)22-12-8-5-9-13-22/h4-17H,1-3H3/b23-17+. The molecule has 0 unspecified atom stereocenters. The summed E-state index contributed by atoms with van der Waals surface area (Å²) in [6, 6.07) is 26.3. The molecule has 2 heteroatoms. The number of aryl methyl sites for hydroxylation is 2. The fourth-order valence-corrected chi connectivity index (χ4v) is 6.30. The molecule has 0 saturated heterocycles. The monoisotopic (exact) mass is 346 g/mol. The summed E-state index contributed by atoms with van der Waals surface area (Å²) in [4.78, 5) is 0.